The lowest BCUT2D eigenvalue weighted by Crippen LogP contribution is -2.28. The number of aromatic nitrogens is 4. The van der Waals surface area contributed by atoms with E-state index < -0.39 is 6.04 Å². The summed E-state index contributed by atoms with van der Waals surface area (Å²) in [5, 5.41) is 14.2. The molecule has 1 saturated carbocycles. The van der Waals surface area contributed by atoms with Crippen LogP contribution in [-0.4, -0.2) is 32.2 Å². The molecule has 1 aliphatic carbocycles. The summed E-state index contributed by atoms with van der Waals surface area (Å²) >= 11 is 0. The van der Waals surface area contributed by atoms with Gasteiger partial charge in [-0.1, -0.05) is 30.3 Å². The van der Waals surface area contributed by atoms with Crippen molar-refractivity contribution < 1.29 is 9.53 Å². The highest BCUT2D eigenvalue weighted by molar-refractivity contribution is 5.93. The number of amides is 1. The van der Waals surface area contributed by atoms with Gasteiger partial charge in [0.1, 0.15) is 18.1 Å². The van der Waals surface area contributed by atoms with Gasteiger partial charge >= 0.3 is 0 Å². The molecule has 0 bridgehead atoms. The normalized spacial score (nSPS) is 15.3. The molecule has 1 amide bonds. The molecule has 0 aliphatic heterocycles. The number of nitrogens with one attached hydrogen (secondary N) is 1. The molecule has 0 spiro atoms. The van der Waals surface area contributed by atoms with Gasteiger partial charge in [-0.05, 0) is 65.9 Å². The van der Waals surface area contributed by atoms with Crippen molar-refractivity contribution in [2.24, 2.45) is 0 Å². The Balaban J connectivity index is 1.43. The first-order valence-corrected chi connectivity index (χ1v) is 9.62. The van der Waals surface area contributed by atoms with E-state index in [0.717, 1.165) is 29.8 Å². The van der Waals surface area contributed by atoms with Crippen LogP contribution in [0.4, 0.5) is 5.69 Å². The summed E-state index contributed by atoms with van der Waals surface area (Å²) in [6, 6.07) is 16.8. The molecule has 3 aromatic rings. The van der Waals surface area contributed by atoms with Crippen LogP contribution in [0.15, 0.2) is 60.9 Å². The highest BCUT2D eigenvalue weighted by Crippen LogP contribution is 2.25. The van der Waals surface area contributed by atoms with Crippen LogP contribution in [0, 0.1) is 0 Å². The number of anilines is 1. The molecule has 1 aromatic heterocycles. The first kappa shape index (κ1) is 18.2. The lowest BCUT2D eigenvalue weighted by molar-refractivity contribution is -0.119. The van der Waals surface area contributed by atoms with Crippen LogP contribution in [-0.2, 0) is 11.2 Å². The largest absolute Gasteiger partial charge is 0.490 e. The third-order valence-corrected chi connectivity index (χ3v) is 4.99. The number of nitrogens with zero attached hydrogens (tertiary/aromatic N) is 4. The van der Waals surface area contributed by atoms with Crippen LogP contribution >= 0.6 is 0 Å². The molecular formula is C21H23N5O2. The summed E-state index contributed by atoms with van der Waals surface area (Å²) in [7, 11) is 0. The van der Waals surface area contributed by atoms with Crippen LogP contribution in [0.5, 0.6) is 5.75 Å². The molecule has 0 radical (unpaired) electrons. The molecule has 7 heteroatoms. The van der Waals surface area contributed by atoms with Crippen LogP contribution in [0.1, 0.15) is 37.3 Å². The van der Waals surface area contributed by atoms with Crippen molar-refractivity contribution in [1.29, 1.82) is 0 Å². The minimum Gasteiger partial charge on any atom is -0.490 e. The maximum atomic E-state index is 12.9. The maximum absolute atomic E-state index is 12.9. The molecule has 1 unspecified atom stereocenters. The zero-order valence-corrected chi connectivity index (χ0v) is 15.6. The highest BCUT2D eigenvalue weighted by Gasteiger charge is 2.22. The van der Waals surface area contributed by atoms with Crippen molar-refractivity contribution in [1.82, 2.24) is 20.2 Å². The summed E-state index contributed by atoms with van der Waals surface area (Å²) < 4.78 is 7.46. The molecule has 1 fully saturated rings. The number of hydrogen-bond donors (Lipinski definition) is 1. The molecule has 2 aromatic carbocycles. The lowest BCUT2D eigenvalue weighted by Gasteiger charge is -2.17. The number of ether oxygens (including phenoxy) is 1. The zero-order chi connectivity index (χ0) is 19.2. The molecule has 1 aliphatic rings. The summed E-state index contributed by atoms with van der Waals surface area (Å²) in [5.74, 6) is 0.673. The van der Waals surface area contributed by atoms with E-state index in [1.807, 2.05) is 54.6 Å². The molecule has 1 atom stereocenters. The summed E-state index contributed by atoms with van der Waals surface area (Å²) in [6.45, 7) is 0. The average Bonchev–Trinajstić information content (AvgIpc) is 3.43. The van der Waals surface area contributed by atoms with E-state index in [1.54, 1.807) is 0 Å². The first-order valence-electron chi connectivity index (χ1n) is 9.62. The van der Waals surface area contributed by atoms with Crippen molar-refractivity contribution in [3.63, 3.8) is 0 Å². The van der Waals surface area contributed by atoms with Gasteiger partial charge < -0.3 is 10.1 Å². The Bertz CT molecular complexity index is 875. The summed E-state index contributed by atoms with van der Waals surface area (Å²) in [6.07, 6.45) is 6.98. The second kappa shape index (κ2) is 8.65. The van der Waals surface area contributed by atoms with Crippen LogP contribution in [0.2, 0.25) is 0 Å². The van der Waals surface area contributed by atoms with Crippen LogP contribution in [0.25, 0.3) is 0 Å². The number of carbonyl (C=O) groups excluding carboxylic acids is 1. The molecule has 0 saturated heterocycles. The second-order valence-corrected chi connectivity index (χ2v) is 7.03. The van der Waals surface area contributed by atoms with Crippen molar-refractivity contribution >= 4 is 11.6 Å². The Morgan fingerprint density at radius 1 is 1.11 bits per heavy atom. The summed E-state index contributed by atoms with van der Waals surface area (Å²) in [5.41, 5.74) is 1.76. The molecule has 144 valence electrons. The number of hydrogen-bond acceptors (Lipinski definition) is 5. The van der Waals surface area contributed by atoms with Gasteiger partial charge in [-0.25, -0.2) is 4.68 Å². The number of benzene rings is 2. The number of carbonyl (C=O) groups is 1. The fourth-order valence-electron chi connectivity index (χ4n) is 3.50. The first-order chi connectivity index (χ1) is 13.8. The Morgan fingerprint density at radius 2 is 1.86 bits per heavy atom. The van der Waals surface area contributed by atoms with E-state index in [1.165, 1.54) is 23.9 Å². The SMILES string of the molecule is O=C(Nc1ccc(OC2CCCC2)cc1)C(Cc1ccccc1)n1cnnn1. The van der Waals surface area contributed by atoms with Crippen LogP contribution in [0.3, 0.4) is 0 Å². The molecule has 1 N–H and O–H groups in total. The minimum atomic E-state index is -0.535. The fraction of sp³-hybridized carbons (Fsp3) is 0.333. The smallest absolute Gasteiger partial charge is 0.249 e. The third kappa shape index (κ3) is 4.54. The monoisotopic (exact) mass is 377 g/mol. The van der Waals surface area contributed by atoms with E-state index in [4.69, 9.17) is 4.74 Å². The molecule has 7 nitrogen and oxygen atoms in total. The Labute approximate surface area is 163 Å². The Morgan fingerprint density at radius 3 is 2.54 bits per heavy atom. The van der Waals surface area contributed by atoms with E-state index in [9.17, 15) is 4.79 Å². The van der Waals surface area contributed by atoms with Gasteiger partial charge in [-0.2, -0.15) is 0 Å². The van der Waals surface area contributed by atoms with Gasteiger partial charge in [0.25, 0.3) is 0 Å². The van der Waals surface area contributed by atoms with Crippen molar-refractivity contribution in [3.05, 3.63) is 66.5 Å². The van der Waals surface area contributed by atoms with Gasteiger partial charge in [0.15, 0.2) is 0 Å². The Kier molecular flexibility index (Phi) is 5.61. The van der Waals surface area contributed by atoms with Crippen molar-refractivity contribution in [2.75, 3.05) is 5.32 Å². The van der Waals surface area contributed by atoms with E-state index in [0.29, 0.717) is 12.5 Å². The van der Waals surface area contributed by atoms with E-state index in [-0.39, 0.29) is 5.91 Å². The van der Waals surface area contributed by atoms with Gasteiger partial charge in [0, 0.05) is 12.1 Å². The minimum absolute atomic E-state index is 0.166. The van der Waals surface area contributed by atoms with E-state index in [2.05, 4.69) is 20.8 Å². The maximum Gasteiger partial charge on any atom is 0.249 e. The predicted molar refractivity (Wildman–Crippen MR) is 105 cm³/mol. The standard InChI is InChI=1S/C21H23N5O2/c27-21(20(26-15-22-24-25-26)14-16-6-2-1-3-7-16)23-17-10-12-19(13-11-17)28-18-8-4-5-9-18/h1-3,6-7,10-13,15,18,20H,4-5,8-9,14H2,(H,23,27). The lowest BCUT2D eigenvalue weighted by atomic mass is 10.1. The Hall–Kier alpha value is -3.22. The van der Waals surface area contributed by atoms with Gasteiger partial charge in [0.05, 0.1) is 6.10 Å². The summed E-state index contributed by atoms with van der Waals surface area (Å²) in [4.78, 5) is 12.9. The molecule has 4 rings (SSSR count). The fourth-order valence-corrected chi connectivity index (χ4v) is 3.50. The van der Waals surface area contributed by atoms with Gasteiger partial charge in [-0.3, -0.25) is 4.79 Å². The van der Waals surface area contributed by atoms with Crippen molar-refractivity contribution in [3.8, 4) is 5.75 Å². The second-order valence-electron chi connectivity index (χ2n) is 7.03. The topological polar surface area (TPSA) is 81.9 Å². The number of tetrazole rings is 1. The number of rotatable bonds is 7. The van der Waals surface area contributed by atoms with Gasteiger partial charge in [-0.15, -0.1) is 5.10 Å². The quantitative estimate of drug-likeness (QED) is 0.682. The van der Waals surface area contributed by atoms with E-state index >= 15 is 0 Å². The van der Waals surface area contributed by atoms with Crippen LogP contribution < -0.4 is 10.1 Å². The molecule has 28 heavy (non-hydrogen) atoms. The zero-order valence-electron chi connectivity index (χ0n) is 15.6. The predicted octanol–water partition coefficient (Wildman–Crippen LogP) is 3.42. The third-order valence-electron chi connectivity index (χ3n) is 4.99. The molecule has 1 heterocycles. The highest BCUT2D eigenvalue weighted by atomic mass is 16.5. The molecular weight excluding hydrogens is 354 g/mol. The average molecular weight is 377 g/mol. The van der Waals surface area contributed by atoms with Crippen molar-refractivity contribution in [2.45, 2.75) is 44.2 Å². The van der Waals surface area contributed by atoms with Gasteiger partial charge in [0.2, 0.25) is 5.91 Å².